The molecule has 0 aromatic heterocycles. The van der Waals surface area contributed by atoms with Gasteiger partial charge < -0.3 is 45.9 Å². The number of methoxy groups -OCH3 is 1. The molecule has 382 valence electrons. The number of benzene rings is 4. The van der Waals surface area contributed by atoms with Crippen LogP contribution in [-0.4, -0.2) is 94.1 Å². The number of carbonyl (C=O) groups excluding carboxylic acids is 6. The van der Waals surface area contributed by atoms with Crippen LogP contribution >= 0.6 is 0 Å². The average Bonchev–Trinajstić information content (AvgIpc) is 3.31. The number of ether oxygens (including phenoxy) is 4. The standard InChI is InChI=1S/C51H65N7O12S/c1-33-26-42(67-7)34(2)35(3)46(33)71(65,66)58-49(52)53-25-17-24-40(47(62)54-30-39(27-36-18-11-8-12-19-36)55-50(64)69-32-38-22-15-10-16-23-38)56-43(59)29-44(60)57-41(28-45(61)70-51(4,5)6)48(63)68-31-37-20-13-9-14-21-37/h8-16,18-23,26,39-41H,17,24-25,27-32H2,1-7H3,(H,54,62)(H,55,64)(H,56,59)(H,57,60)(H3,52,53,58)/t39-,40-,41-/m0/s1. The Balaban J connectivity index is 1.49. The molecule has 3 atom stereocenters. The Bertz CT molecular complexity index is 2590. The SMILES string of the molecule is COc1cc(C)c(S(=O)(=O)NC(N)=NCCC[C@H](NC(=O)CC(=O)N[C@@H](CC(=O)OC(C)(C)C)C(=O)OCc2ccccc2)C(=O)NC[C@H](Cc2ccccc2)NC(=O)OCc2ccccc2)c(C)c1C. The molecule has 0 saturated heterocycles. The summed E-state index contributed by atoms with van der Waals surface area (Å²) in [5, 5.41) is 10.5. The van der Waals surface area contributed by atoms with E-state index in [1.54, 1.807) is 90.1 Å². The molecule has 4 rings (SSSR count). The largest absolute Gasteiger partial charge is 0.496 e. The van der Waals surface area contributed by atoms with E-state index in [9.17, 15) is 37.2 Å². The van der Waals surface area contributed by atoms with Crippen molar-refractivity contribution >= 4 is 51.7 Å². The lowest BCUT2D eigenvalue weighted by atomic mass is 10.1. The van der Waals surface area contributed by atoms with E-state index >= 15 is 0 Å². The molecule has 0 aliphatic heterocycles. The summed E-state index contributed by atoms with van der Waals surface area (Å²) >= 11 is 0. The molecule has 4 aromatic carbocycles. The van der Waals surface area contributed by atoms with Crippen LogP contribution in [0.2, 0.25) is 0 Å². The first kappa shape index (κ1) is 56.1. The van der Waals surface area contributed by atoms with Crippen LogP contribution in [0.5, 0.6) is 5.75 Å². The summed E-state index contributed by atoms with van der Waals surface area (Å²) in [7, 11) is -2.70. The van der Waals surface area contributed by atoms with E-state index in [1.807, 2.05) is 48.5 Å². The molecule has 7 N–H and O–H groups in total. The summed E-state index contributed by atoms with van der Waals surface area (Å²) in [6.07, 6.45) is -1.91. The third-order valence-electron chi connectivity index (χ3n) is 10.6. The second kappa shape index (κ2) is 27.1. The average molecular weight is 1000 g/mol. The van der Waals surface area contributed by atoms with Crippen molar-refractivity contribution in [2.45, 2.75) is 115 Å². The zero-order valence-corrected chi connectivity index (χ0v) is 42.0. The highest BCUT2D eigenvalue weighted by Gasteiger charge is 2.30. The van der Waals surface area contributed by atoms with Crippen LogP contribution in [0.15, 0.2) is 107 Å². The van der Waals surface area contributed by atoms with Crippen molar-refractivity contribution in [1.82, 2.24) is 26.0 Å². The fourth-order valence-electron chi connectivity index (χ4n) is 7.19. The van der Waals surface area contributed by atoms with E-state index in [-0.39, 0.29) is 50.5 Å². The predicted octanol–water partition coefficient (Wildman–Crippen LogP) is 4.48. The number of amides is 4. The Labute approximate surface area is 415 Å². The number of sulfonamides is 1. The third-order valence-corrected chi connectivity index (χ3v) is 12.3. The summed E-state index contributed by atoms with van der Waals surface area (Å²) < 4.78 is 50.8. The van der Waals surface area contributed by atoms with Gasteiger partial charge in [0, 0.05) is 13.1 Å². The molecule has 0 aliphatic rings. The zero-order valence-electron chi connectivity index (χ0n) is 41.2. The van der Waals surface area contributed by atoms with Crippen LogP contribution in [0.3, 0.4) is 0 Å². The van der Waals surface area contributed by atoms with Crippen LogP contribution in [0.25, 0.3) is 0 Å². The Morgan fingerprint density at radius 1 is 0.732 bits per heavy atom. The molecule has 0 aliphatic carbocycles. The lowest BCUT2D eigenvalue weighted by Crippen LogP contribution is -2.52. The fraction of sp³-hybridized carbons (Fsp3) is 0.392. The summed E-state index contributed by atoms with van der Waals surface area (Å²) in [6, 6.07) is 25.1. The summed E-state index contributed by atoms with van der Waals surface area (Å²) in [4.78, 5) is 84.1. The number of rotatable bonds is 24. The van der Waals surface area contributed by atoms with E-state index in [4.69, 9.17) is 24.7 Å². The van der Waals surface area contributed by atoms with Gasteiger partial charge in [0.2, 0.25) is 23.7 Å². The number of guanidine groups is 1. The summed E-state index contributed by atoms with van der Waals surface area (Å²) in [5.41, 5.74) is 8.93. The topological polar surface area (TPSA) is 272 Å². The maximum atomic E-state index is 14.0. The lowest BCUT2D eigenvalue weighted by molar-refractivity contribution is -0.160. The van der Waals surface area contributed by atoms with Crippen LogP contribution in [0.1, 0.15) is 79.8 Å². The molecule has 0 bridgehead atoms. The molecular weight excluding hydrogens is 935 g/mol. The zero-order chi connectivity index (χ0) is 52.1. The smallest absolute Gasteiger partial charge is 0.407 e. The van der Waals surface area contributed by atoms with Gasteiger partial charge in [-0.2, -0.15) is 0 Å². The number of aliphatic imine (C=N–C) groups is 1. The van der Waals surface area contributed by atoms with Gasteiger partial charge in [-0.1, -0.05) is 91.0 Å². The second-order valence-corrected chi connectivity index (χ2v) is 19.2. The van der Waals surface area contributed by atoms with Gasteiger partial charge in [0.05, 0.1) is 24.5 Å². The molecule has 19 nitrogen and oxygen atoms in total. The Hall–Kier alpha value is -7.48. The minimum absolute atomic E-state index is 0.00424. The van der Waals surface area contributed by atoms with E-state index in [0.717, 1.165) is 11.1 Å². The lowest BCUT2D eigenvalue weighted by Gasteiger charge is -2.23. The molecule has 0 fully saturated rings. The Morgan fingerprint density at radius 2 is 1.28 bits per heavy atom. The van der Waals surface area contributed by atoms with Crippen molar-refractivity contribution in [2.75, 3.05) is 20.2 Å². The second-order valence-electron chi connectivity index (χ2n) is 17.6. The van der Waals surface area contributed by atoms with Crippen molar-refractivity contribution in [2.24, 2.45) is 10.7 Å². The van der Waals surface area contributed by atoms with Crippen molar-refractivity contribution in [3.05, 3.63) is 130 Å². The number of hydrogen-bond donors (Lipinski definition) is 6. The minimum Gasteiger partial charge on any atom is -0.496 e. The van der Waals surface area contributed by atoms with Gasteiger partial charge in [-0.05, 0) is 100 Å². The first-order valence-electron chi connectivity index (χ1n) is 22.9. The van der Waals surface area contributed by atoms with Gasteiger partial charge in [0.1, 0.15) is 43.1 Å². The Morgan fingerprint density at radius 3 is 1.85 bits per heavy atom. The van der Waals surface area contributed by atoms with Crippen molar-refractivity contribution in [3.63, 3.8) is 0 Å². The number of aryl methyl sites for hydroxylation is 1. The highest BCUT2D eigenvalue weighted by atomic mass is 32.2. The van der Waals surface area contributed by atoms with Gasteiger partial charge in [0.15, 0.2) is 0 Å². The molecule has 0 spiro atoms. The van der Waals surface area contributed by atoms with E-state index in [2.05, 4.69) is 31.0 Å². The summed E-state index contributed by atoms with van der Waals surface area (Å²) in [6.45, 7) is 9.56. The predicted molar refractivity (Wildman–Crippen MR) is 265 cm³/mol. The minimum atomic E-state index is -4.19. The van der Waals surface area contributed by atoms with E-state index in [1.165, 1.54) is 7.11 Å². The quantitative estimate of drug-likeness (QED) is 0.0141. The van der Waals surface area contributed by atoms with Gasteiger partial charge in [-0.3, -0.25) is 24.2 Å². The van der Waals surface area contributed by atoms with Crippen LogP contribution in [-0.2, 0) is 67.8 Å². The van der Waals surface area contributed by atoms with Gasteiger partial charge in [-0.25, -0.2) is 22.7 Å². The van der Waals surface area contributed by atoms with Crippen molar-refractivity contribution in [3.8, 4) is 5.75 Å². The molecule has 0 radical (unpaired) electrons. The molecule has 0 unspecified atom stereocenters. The monoisotopic (exact) mass is 999 g/mol. The van der Waals surface area contributed by atoms with Crippen molar-refractivity contribution in [1.29, 1.82) is 0 Å². The fourth-order valence-corrected chi connectivity index (χ4v) is 8.67. The van der Waals surface area contributed by atoms with Gasteiger partial charge >= 0.3 is 18.0 Å². The van der Waals surface area contributed by atoms with E-state index in [0.29, 0.717) is 28.0 Å². The van der Waals surface area contributed by atoms with E-state index < -0.39 is 88.3 Å². The molecule has 71 heavy (non-hydrogen) atoms. The maximum Gasteiger partial charge on any atom is 0.407 e. The molecular formula is C51H65N7O12S. The number of esters is 2. The number of carbonyl (C=O) groups is 6. The highest BCUT2D eigenvalue weighted by molar-refractivity contribution is 7.90. The van der Waals surface area contributed by atoms with Crippen LogP contribution < -0.4 is 36.5 Å². The number of alkyl carbamates (subject to hydrolysis) is 1. The summed E-state index contributed by atoms with van der Waals surface area (Å²) in [5.74, 6) is -4.22. The number of nitrogens with two attached hydrogens (primary N) is 1. The number of nitrogens with zero attached hydrogens (tertiary/aromatic N) is 1. The van der Waals surface area contributed by atoms with Crippen molar-refractivity contribution < 1.29 is 56.1 Å². The molecule has 0 heterocycles. The first-order chi connectivity index (χ1) is 33.6. The third kappa shape index (κ3) is 19.4. The number of nitrogens with one attached hydrogen (secondary N) is 5. The first-order valence-corrected chi connectivity index (χ1v) is 24.4. The molecule has 20 heteroatoms. The number of hydrogen-bond acceptors (Lipinski definition) is 13. The normalized spacial score (nSPS) is 12.8. The molecule has 4 amide bonds. The maximum absolute atomic E-state index is 14.0. The van der Waals surface area contributed by atoms with Gasteiger partial charge in [0.25, 0.3) is 10.0 Å². The van der Waals surface area contributed by atoms with Crippen LogP contribution in [0.4, 0.5) is 4.79 Å². The van der Waals surface area contributed by atoms with Crippen LogP contribution in [0, 0.1) is 20.8 Å². The molecule has 0 saturated carbocycles. The Kier molecular flexibility index (Phi) is 21.4. The van der Waals surface area contributed by atoms with Gasteiger partial charge in [-0.15, -0.1) is 0 Å². The molecule has 4 aromatic rings. The highest BCUT2D eigenvalue weighted by Crippen LogP contribution is 2.30.